The predicted molar refractivity (Wildman–Crippen MR) is 93.3 cm³/mol. The second-order valence-electron chi connectivity index (χ2n) is 5.23. The topological polar surface area (TPSA) is 98.7 Å². The highest BCUT2D eigenvalue weighted by molar-refractivity contribution is 7.15. The Morgan fingerprint density at radius 2 is 2.08 bits per heavy atom. The molecule has 1 aromatic carbocycles. The maximum absolute atomic E-state index is 12.1. The molecule has 2 aromatic heterocycles. The molecule has 3 aromatic rings. The van der Waals surface area contributed by atoms with Crippen LogP contribution in [0.25, 0.3) is 11.4 Å². The van der Waals surface area contributed by atoms with Gasteiger partial charge in [-0.15, -0.1) is 10.2 Å². The van der Waals surface area contributed by atoms with E-state index in [1.54, 1.807) is 6.20 Å². The fourth-order valence-electron chi connectivity index (χ4n) is 2.33. The Bertz CT molecular complexity index is 798. The number of benzene rings is 1. The molecule has 8 heteroatoms. The summed E-state index contributed by atoms with van der Waals surface area (Å²) >= 11 is 1.38. The van der Waals surface area contributed by atoms with Crippen molar-refractivity contribution in [1.29, 1.82) is 0 Å². The van der Waals surface area contributed by atoms with Gasteiger partial charge < -0.3 is 15.6 Å². The fraction of sp³-hybridized carbons (Fsp3) is 0.250. The number of aromatic nitrogens is 4. The van der Waals surface area contributed by atoms with Gasteiger partial charge in [-0.2, -0.15) is 0 Å². The molecule has 0 aliphatic heterocycles. The Balaban J connectivity index is 1.48. The Morgan fingerprint density at radius 3 is 2.83 bits per heavy atom. The van der Waals surface area contributed by atoms with Gasteiger partial charge in [0.05, 0.1) is 0 Å². The highest BCUT2D eigenvalue weighted by Gasteiger charge is 2.09. The molecule has 0 saturated heterocycles. The zero-order valence-electron chi connectivity index (χ0n) is 13.1. The van der Waals surface area contributed by atoms with Crippen molar-refractivity contribution in [2.75, 3.05) is 12.3 Å². The third-order valence-corrected chi connectivity index (χ3v) is 4.25. The van der Waals surface area contributed by atoms with E-state index in [1.807, 2.05) is 41.1 Å². The highest BCUT2D eigenvalue weighted by atomic mass is 32.1. The predicted octanol–water partition coefficient (Wildman–Crippen LogP) is 1.73. The van der Waals surface area contributed by atoms with Crippen molar-refractivity contribution in [3.8, 4) is 11.4 Å². The lowest BCUT2D eigenvalue weighted by Crippen LogP contribution is -2.28. The first-order valence-corrected chi connectivity index (χ1v) is 8.45. The molecular formula is C16H18N6OS. The first kappa shape index (κ1) is 16.1. The number of hydrogen-bond acceptors (Lipinski definition) is 6. The molecular weight excluding hydrogens is 324 g/mol. The fourth-order valence-corrected chi connectivity index (χ4v) is 2.98. The molecule has 0 unspecified atom stereocenters. The number of carbonyl (C=O) groups is 1. The normalized spacial score (nSPS) is 10.7. The number of aryl methyl sites for hydroxylation is 1. The van der Waals surface area contributed by atoms with E-state index in [4.69, 9.17) is 5.73 Å². The molecule has 0 saturated carbocycles. The Labute approximate surface area is 143 Å². The van der Waals surface area contributed by atoms with E-state index in [2.05, 4.69) is 20.5 Å². The van der Waals surface area contributed by atoms with Gasteiger partial charge in [0.25, 0.3) is 0 Å². The van der Waals surface area contributed by atoms with Crippen LogP contribution in [-0.4, -0.2) is 32.2 Å². The Morgan fingerprint density at radius 1 is 1.25 bits per heavy atom. The lowest BCUT2D eigenvalue weighted by atomic mass is 10.2. The van der Waals surface area contributed by atoms with E-state index < -0.39 is 0 Å². The van der Waals surface area contributed by atoms with Crippen LogP contribution in [0.15, 0.2) is 42.7 Å². The second kappa shape index (κ2) is 7.69. The van der Waals surface area contributed by atoms with Crippen LogP contribution in [0, 0.1) is 0 Å². The average Bonchev–Trinajstić information content (AvgIpc) is 3.21. The average molecular weight is 342 g/mol. The largest absolute Gasteiger partial charge is 0.374 e. The molecule has 0 spiro atoms. The lowest BCUT2D eigenvalue weighted by Gasteiger charge is -2.08. The van der Waals surface area contributed by atoms with Gasteiger partial charge in [0.2, 0.25) is 11.0 Å². The molecule has 0 atom stereocenters. The van der Waals surface area contributed by atoms with Gasteiger partial charge in [0.1, 0.15) is 17.4 Å². The molecule has 124 valence electrons. The quantitative estimate of drug-likeness (QED) is 0.637. The number of amides is 1. The van der Waals surface area contributed by atoms with Gasteiger partial charge in [-0.3, -0.25) is 4.79 Å². The number of nitrogen functional groups attached to an aromatic ring is 1. The van der Waals surface area contributed by atoms with E-state index in [0.717, 1.165) is 29.2 Å². The number of nitrogens with two attached hydrogens (primary N) is 1. The number of imidazole rings is 1. The summed E-state index contributed by atoms with van der Waals surface area (Å²) in [5, 5.41) is 12.0. The molecule has 7 nitrogen and oxygen atoms in total. The van der Waals surface area contributed by atoms with Crippen LogP contribution in [0.1, 0.15) is 11.4 Å². The molecule has 2 heterocycles. The number of nitrogens with zero attached hydrogens (tertiary/aromatic N) is 4. The van der Waals surface area contributed by atoms with Crippen LogP contribution in [-0.2, 0) is 17.8 Å². The van der Waals surface area contributed by atoms with Crippen molar-refractivity contribution in [1.82, 2.24) is 25.1 Å². The van der Waals surface area contributed by atoms with E-state index >= 15 is 0 Å². The number of rotatable bonds is 7. The van der Waals surface area contributed by atoms with Crippen LogP contribution in [0.2, 0.25) is 0 Å². The molecule has 24 heavy (non-hydrogen) atoms. The van der Waals surface area contributed by atoms with Crippen LogP contribution in [0.3, 0.4) is 0 Å². The molecule has 3 rings (SSSR count). The minimum atomic E-state index is -0.0399. The summed E-state index contributed by atoms with van der Waals surface area (Å²) in [7, 11) is 0. The van der Waals surface area contributed by atoms with E-state index in [-0.39, 0.29) is 12.5 Å². The molecule has 1 amide bonds. The maximum atomic E-state index is 12.1. The van der Waals surface area contributed by atoms with E-state index in [0.29, 0.717) is 11.7 Å². The summed E-state index contributed by atoms with van der Waals surface area (Å²) in [6, 6.07) is 9.81. The summed E-state index contributed by atoms with van der Waals surface area (Å²) < 4.78 is 1.84. The smallest absolute Gasteiger partial charge is 0.239 e. The van der Waals surface area contributed by atoms with Crippen molar-refractivity contribution in [3.05, 3.63) is 47.7 Å². The summed E-state index contributed by atoms with van der Waals surface area (Å²) in [5.41, 5.74) is 6.53. The monoisotopic (exact) mass is 342 g/mol. The second-order valence-corrected chi connectivity index (χ2v) is 6.33. The van der Waals surface area contributed by atoms with Crippen LogP contribution in [0.5, 0.6) is 0 Å². The van der Waals surface area contributed by atoms with E-state index in [9.17, 15) is 4.79 Å². The number of nitrogens with one attached hydrogen (secondary N) is 1. The van der Waals surface area contributed by atoms with Gasteiger partial charge >= 0.3 is 0 Å². The van der Waals surface area contributed by atoms with Gasteiger partial charge in [0.15, 0.2) is 0 Å². The standard InChI is InChI=1S/C16H18N6OS/c17-16-21-20-14(24-16)7-4-8-18-13(23)11-22-10-9-19-15(22)12-5-2-1-3-6-12/h1-3,5-6,9-10H,4,7-8,11H2,(H2,17,21)(H,18,23). The molecule has 0 aliphatic rings. The summed E-state index contributed by atoms with van der Waals surface area (Å²) in [6.45, 7) is 0.837. The first-order chi connectivity index (χ1) is 11.7. The van der Waals surface area contributed by atoms with Crippen molar-refractivity contribution < 1.29 is 4.79 Å². The first-order valence-electron chi connectivity index (χ1n) is 7.63. The minimum Gasteiger partial charge on any atom is -0.374 e. The van der Waals surface area contributed by atoms with Crippen molar-refractivity contribution in [3.63, 3.8) is 0 Å². The summed E-state index contributed by atoms with van der Waals surface area (Å²) in [4.78, 5) is 16.4. The van der Waals surface area contributed by atoms with Gasteiger partial charge in [0, 0.05) is 30.9 Å². The Kier molecular flexibility index (Phi) is 5.17. The lowest BCUT2D eigenvalue weighted by molar-refractivity contribution is -0.121. The molecule has 0 fully saturated rings. The van der Waals surface area contributed by atoms with Gasteiger partial charge in [-0.1, -0.05) is 41.7 Å². The summed E-state index contributed by atoms with van der Waals surface area (Å²) in [5.74, 6) is 0.747. The number of hydrogen-bond donors (Lipinski definition) is 2. The molecule has 3 N–H and O–H groups in total. The zero-order chi connectivity index (χ0) is 16.8. The Hall–Kier alpha value is -2.74. The van der Waals surface area contributed by atoms with Crippen molar-refractivity contribution >= 4 is 22.4 Å². The van der Waals surface area contributed by atoms with Crippen LogP contribution >= 0.6 is 11.3 Å². The third kappa shape index (κ3) is 4.17. The molecule has 0 radical (unpaired) electrons. The SMILES string of the molecule is Nc1nnc(CCCNC(=O)Cn2ccnc2-c2ccccc2)s1. The summed E-state index contributed by atoms with van der Waals surface area (Å²) in [6.07, 6.45) is 5.08. The minimum absolute atomic E-state index is 0.0399. The highest BCUT2D eigenvalue weighted by Crippen LogP contribution is 2.16. The van der Waals surface area contributed by atoms with Gasteiger partial charge in [-0.05, 0) is 6.42 Å². The zero-order valence-corrected chi connectivity index (χ0v) is 13.9. The van der Waals surface area contributed by atoms with Gasteiger partial charge in [-0.25, -0.2) is 4.98 Å². The molecule has 0 bridgehead atoms. The van der Waals surface area contributed by atoms with Crippen LogP contribution < -0.4 is 11.1 Å². The van der Waals surface area contributed by atoms with Crippen molar-refractivity contribution in [2.45, 2.75) is 19.4 Å². The van der Waals surface area contributed by atoms with E-state index in [1.165, 1.54) is 11.3 Å². The third-order valence-electron chi connectivity index (χ3n) is 3.43. The maximum Gasteiger partial charge on any atom is 0.239 e. The number of carbonyl (C=O) groups excluding carboxylic acids is 1. The van der Waals surface area contributed by atoms with Crippen molar-refractivity contribution in [2.24, 2.45) is 0 Å². The molecule has 0 aliphatic carbocycles. The van der Waals surface area contributed by atoms with Crippen LogP contribution in [0.4, 0.5) is 5.13 Å². The number of anilines is 1.